The fourth-order valence-corrected chi connectivity index (χ4v) is 2.21. The zero-order valence-electron chi connectivity index (χ0n) is 13.9. The molecule has 0 fully saturated rings. The minimum Gasteiger partial charge on any atom is -0.423 e. The number of nitrogens with one attached hydrogen (secondary N) is 1. The minimum atomic E-state index is -0.419. The van der Waals surface area contributed by atoms with Gasteiger partial charge in [-0.05, 0) is 60.5 Å². The first kappa shape index (κ1) is 18.9. The summed E-state index contributed by atoms with van der Waals surface area (Å²) in [5.41, 5.74) is 3.75. The molecule has 0 atom stereocenters. The van der Waals surface area contributed by atoms with E-state index in [0.29, 0.717) is 17.7 Å². The molecule has 6 heteroatoms. The van der Waals surface area contributed by atoms with Crippen molar-refractivity contribution in [3.05, 3.63) is 64.1 Å². The maximum absolute atomic E-state index is 12.0. The van der Waals surface area contributed by atoms with Gasteiger partial charge >= 0.3 is 5.97 Å². The maximum atomic E-state index is 12.0. The van der Waals surface area contributed by atoms with Crippen LogP contribution in [0.15, 0.2) is 58.1 Å². The van der Waals surface area contributed by atoms with Gasteiger partial charge in [0.05, 0.1) is 11.8 Å². The molecule has 2 aromatic carbocycles. The predicted molar refractivity (Wildman–Crippen MR) is 101 cm³/mol. The number of carbonyl (C=O) groups excluding carboxylic acids is 2. The molecule has 5 nitrogen and oxygen atoms in total. The molecule has 130 valence electrons. The van der Waals surface area contributed by atoms with Gasteiger partial charge in [-0.25, -0.2) is 10.2 Å². The summed E-state index contributed by atoms with van der Waals surface area (Å²) in [4.78, 5) is 23.5. The quantitative estimate of drug-likeness (QED) is 0.324. The van der Waals surface area contributed by atoms with Crippen LogP contribution in [0.2, 0.25) is 0 Å². The summed E-state index contributed by atoms with van der Waals surface area (Å²) in [7, 11) is 0. The van der Waals surface area contributed by atoms with Gasteiger partial charge in [0.15, 0.2) is 0 Å². The molecule has 0 saturated heterocycles. The third-order valence-corrected chi connectivity index (χ3v) is 3.86. The molecular formula is C19H19BrN2O3. The van der Waals surface area contributed by atoms with E-state index in [4.69, 9.17) is 4.74 Å². The van der Waals surface area contributed by atoms with E-state index in [2.05, 4.69) is 26.5 Å². The van der Waals surface area contributed by atoms with Gasteiger partial charge in [0.25, 0.3) is 0 Å². The summed E-state index contributed by atoms with van der Waals surface area (Å²) in [6.45, 7) is 2.03. The van der Waals surface area contributed by atoms with Crippen LogP contribution in [-0.4, -0.2) is 18.1 Å². The predicted octanol–water partition coefficient (Wildman–Crippen LogP) is 4.31. The summed E-state index contributed by atoms with van der Waals surface area (Å²) in [5.74, 6) is -0.0766. The molecule has 1 N–H and O–H groups in total. The van der Waals surface area contributed by atoms with E-state index < -0.39 is 5.97 Å². The van der Waals surface area contributed by atoms with E-state index in [-0.39, 0.29) is 5.91 Å². The van der Waals surface area contributed by atoms with Gasteiger partial charge in [-0.3, -0.25) is 4.79 Å². The van der Waals surface area contributed by atoms with E-state index in [9.17, 15) is 9.59 Å². The Hall–Kier alpha value is -2.47. The Morgan fingerprint density at radius 3 is 2.44 bits per heavy atom. The van der Waals surface area contributed by atoms with Crippen molar-refractivity contribution in [2.24, 2.45) is 5.10 Å². The van der Waals surface area contributed by atoms with E-state index in [1.807, 2.05) is 6.92 Å². The summed E-state index contributed by atoms with van der Waals surface area (Å²) in [6.07, 6.45) is 3.83. The van der Waals surface area contributed by atoms with Crippen LogP contribution in [0, 0.1) is 0 Å². The smallest absolute Gasteiger partial charge is 0.343 e. The molecule has 0 aliphatic rings. The van der Waals surface area contributed by atoms with Crippen molar-refractivity contribution in [2.75, 3.05) is 0 Å². The van der Waals surface area contributed by atoms with Gasteiger partial charge in [-0.1, -0.05) is 29.3 Å². The fourth-order valence-electron chi connectivity index (χ4n) is 1.95. The molecule has 0 bridgehead atoms. The second kappa shape index (κ2) is 9.74. The number of hydrogen-bond donors (Lipinski definition) is 1. The Morgan fingerprint density at radius 1 is 1.12 bits per heavy atom. The van der Waals surface area contributed by atoms with E-state index in [1.165, 1.54) is 0 Å². The number of hydrazone groups is 1. The highest BCUT2D eigenvalue weighted by Gasteiger charge is 2.08. The Morgan fingerprint density at radius 2 is 1.80 bits per heavy atom. The van der Waals surface area contributed by atoms with Crippen LogP contribution in [0.1, 0.15) is 42.1 Å². The normalized spacial score (nSPS) is 10.6. The van der Waals surface area contributed by atoms with Crippen LogP contribution in [0.3, 0.4) is 0 Å². The van der Waals surface area contributed by atoms with Gasteiger partial charge < -0.3 is 4.74 Å². The average molecular weight is 403 g/mol. The standard InChI is InChI=1S/C19H19BrN2O3/c1-2-3-4-18(23)22-21-13-14-5-11-17(12-6-14)25-19(24)15-7-9-16(20)10-8-15/h5-13H,2-4H2,1H3,(H,22,23)/b21-13-. The number of amides is 1. The van der Waals surface area contributed by atoms with Crippen LogP contribution >= 0.6 is 15.9 Å². The molecule has 2 aromatic rings. The number of halogens is 1. The molecule has 2 rings (SSSR count). The molecule has 0 heterocycles. The lowest BCUT2D eigenvalue weighted by Gasteiger charge is -2.04. The summed E-state index contributed by atoms with van der Waals surface area (Å²) >= 11 is 3.32. The fraction of sp³-hybridized carbons (Fsp3) is 0.211. The number of rotatable bonds is 7. The van der Waals surface area contributed by atoms with Crippen molar-refractivity contribution in [2.45, 2.75) is 26.2 Å². The largest absolute Gasteiger partial charge is 0.423 e. The van der Waals surface area contributed by atoms with Crippen LogP contribution in [-0.2, 0) is 4.79 Å². The molecule has 0 aromatic heterocycles. The average Bonchev–Trinajstić information content (AvgIpc) is 2.62. The highest BCUT2D eigenvalue weighted by atomic mass is 79.9. The molecule has 0 unspecified atom stereocenters. The molecule has 0 aliphatic heterocycles. The zero-order chi connectivity index (χ0) is 18.1. The summed E-state index contributed by atoms with van der Waals surface area (Å²) in [5, 5.41) is 3.90. The Kier molecular flexibility index (Phi) is 7.35. The lowest BCUT2D eigenvalue weighted by Crippen LogP contribution is -2.16. The minimum absolute atomic E-state index is 0.0989. The summed E-state index contributed by atoms with van der Waals surface area (Å²) < 4.78 is 6.21. The molecule has 25 heavy (non-hydrogen) atoms. The van der Waals surface area contributed by atoms with Crippen molar-refractivity contribution in [3.63, 3.8) is 0 Å². The first-order valence-electron chi connectivity index (χ1n) is 7.98. The van der Waals surface area contributed by atoms with Crippen molar-refractivity contribution in [1.82, 2.24) is 5.43 Å². The molecular weight excluding hydrogens is 384 g/mol. The summed E-state index contributed by atoms with van der Waals surface area (Å²) in [6, 6.07) is 13.8. The number of benzene rings is 2. The topological polar surface area (TPSA) is 67.8 Å². The van der Waals surface area contributed by atoms with E-state index >= 15 is 0 Å². The number of nitrogens with zero attached hydrogens (tertiary/aromatic N) is 1. The number of ether oxygens (including phenoxy) is 1. The maximum Gasteiger partial charge on any atom is 0.343 e. The number of hydrogen-bond acceptors (Lipinski definition) is 4. The number of unbranched alkanes of at least 4 members (excludes halogenated alkanes) is 1. The van der Waals surface area contributed by atoms with Gasteiger partial charge in [0, 0.05) is 10.9 Å². The third-order valence-electron chi connectivity index (χ3n) is 3.33. The van der Waals surface area contributed by atoms with Gasteiger partial charge in [-0.15, -0.1) is 0 Å². The van der Waals surface area contributed by atoms with Gasteiger partial charge in [0.1, 0.15) is 5.75 Å². The SMILES string of the molecule is CCCCC(=O)N/N=C\c1ccc(OC(=O)c2ccc(Br)cc2)cc1. The highest BCUT2D eigenvalue weighted by Crippen LogP contribution is 2.15. The zero-order valence-corrected chi connectivity index (χ0v) is 15.5. The van der Waals surface area contributed by atoms with Gasteiger partial charge in [-0.2, -0.15) is 5.10 Å². The lowest BCUT2D eigenvalue weighted by atomic mass is 10.2. The van der Waals surface area contributed by atoms with E-state index in [1.54, 1.807) is 54.7 Å². The third kappa shape index (κ3) is 6.51. The molecule has 0 aliphatic carbocycles. The highest BCUT2D eigenvalue weighted by molar-refractivity contribution is 9.10. The monoisotopic (exact) mass is 402 g/mol. The molecule has 0 saturated carbocycles. The Bertz CT molecular complexity index is 740. The first-order chi connectivity index (χ1) is 12.1. The molecule has 0 radical (unpaired) electrons. The molecule has 1 amide bonds. The molecule has 0 spiro atoms. The van der Waals surface area contributed by atoms with Crippen molar-refractivity contribution >= 4 is 34.0 Å². The van der Waals surface area contributed by atoms with Crippen LogP contribution in [0.25, 0.3) is 0 Å². The van der Waals surface area contributed by atoms with Crippen LogP contribution in [0.5, 0.6) is 5.75 Å². The van der Waals surface area contributed by atoms with Crippen LogP contribution < -0.4 is 10.2 Å². The number of esters is 1. The lowest BCUT2D eigenvalue weighted by molar-refractivity contribution is -0.121. The Balaban J connectivity index is 1.88. The van der Waals surface area contributed by atoms with Crippen LogP contribution in [0.4, 0.5) is 0 Å². The van der Waals surface area contributed by atoms with Gasteiger partial charge in [0.2, 0.25) is 5.91 Å². The van der Waals surface area contributed by atoms with E-state index in [0.717, 1.165) is 22.9 Å². The van der Waals surface area contributed by atoms with Crippen molar-refractivity contribution in [3.8, 4) is 5.75 Å². The van der Waals surface area contributed by atoms with Crippen molar-refractivity contribution in [1.29, 1.82) is 0 Å². The first-order valence-corrected chi connectivity index (χ1v) is 8.77. The second-order valence-corrected chi connectivity index (χ2v) is 6.28. The second-order valence-electron chi connectivity index (χ2n) is 5.36. The van der Waals surface area contributed by atoms with Crippen molar-refractivity contribution < 1.29 is 14.3 Å². The number of carbonyl (C=O) groups is 2. The Labute approximate surface area is 155 Å².